The first-order chi connectivity index (χ1) is 8.86. The van der Waals surface area contributed by atoms with E-state index in [1.165, 1.54) is 0 Å². The Morgan fingerprint density at radius 3 is 2.67 bits per heavy atom. The van der Waals surface area contributed by atoms with Crippen LogP contribution in [-0.4, -0.2) is 37.0 Å². The molecule has 1 aliphatic heterocycles. The van der Waals surface area contributed by atoms with Gasteiger partial charge in [-0.3, -0.25) is 4.79 Å². The van der Waals surface area contributed by atoms with Gasteiger partial charge in [0.25, 0.3) is 0 Å². The topological polar surface area (TPSA) is 29.5 Å². The maximum Gasteiger partial charge on any atom is 0.236 e. The van der Waals surface area contributed by atoms with Gasteiger partial charge in [0.2, 0.25) is 5.78 Å². The van der Waals surface area contributed by atoms with Gasteiger partial charge in [-0.2, -0.15) is 0 Å². The van der Waals surface area contributed by atoms with Gasteiger partial charge in [-0.1, -0.05) is 36.3 Å². The number of morpholine rings is 1. The molecule has 0 radical (unpaired) electrons. The number of ether oxygens (including phenoxy) is 1. The quantitative estimate of drug-likeness (QED) is 0.448. The Bertz CT molecular complexity index is 476. The van der Waals surface area contributed by atoms with Crippen molar-refractivity contribution in [2.24, 2.45) is 0 Å². The second kappa shape index (κ2) is 6.63. The molecule has 0 saturated carbocycles. The summed E-state index contributed by atoms with van der Waals surface area (Å²) >= 11 is 0. The molecule has 1 aromatic carbocycles. The molecule has 2 rings (SSSR count). The number of carbonyl (C=O) groups excluding carboxylic acids is 1. The van der Waals surface area contributed by atoms with Gasteiger partial charge in [-0.25, -0.2) is 0 Å². The Balaban J connectivity index is 1.88. The lowest BCUT2D eigenvalue weighted by molar-refractivity contribution is 0.0594. The second-order valence-corrected chi connectivity index (χ2v) is 3.93. The zero-order valence-electron chi connectivity index (χ0n) is 10.1. The van der Waals surface area contributed by atoms with Crippen molar-refractivity contribution in [1.29, 1.82) is 0 Å². The van der Waals surface area contributed by atoms with Crippen LogP contribution in [0.5, 0.6) is 0 Å². The molecule has 18 heavy (non-hydrogen) atoms. The van der Waals surface area contributed by atoms with Gasteiger partial charge < -0.3 is 9.64 Å². The average Bonchev–Trinajstić information content (AvgIpc) is 2.45. The van der Waals surface area contributed by atoms with E-state index < -0.39 is 0 Å². The minimum absolute atomic E-state index is 0.151. The fraction of sp³-hybridized carbons (Fsp3) is 0.267. The first-order valence-electron chi connectivity index (χ1n) is 5.95. The molecule has 1 aliphatic rings. The van der Waals surface area contributed by atoms with Gasteiger partial charge in [-0.05, 0) is 5.92 Å². The normalized spacial score (nSPS) is 15.2. The third kappa shape index (κ3) is 3.76. The summed E-state index contributed by atoms with van der Waals surface area (Å²) in [5.41, 5.74) is 0.629. The average molecular weight is 241 g/mol. The predicted octanol–water partition coefficient (Wildman–Crippen LogP) is 1.72. The Hall–Kier alpha value is -2.05. The molecule has 0 amide bonds. The maximum atomic E-state index is 11.7. The van der Waals surface area contributed by atoms with Crippen LogP contribution in [0.1, 0.15) is 10.4 Å². The van der Waals surface area contributed by atoms with Crippen LogP contribution in [0.15, 0.2) is 42.6 Å². The van der Waals surface area contributed by atoms with E-state index in [1.54, 1.807) is 18.2 Å². The number of benzene rings is 1. The van der Waals surface area contributed by atoms with E-state index in [4.69, 9.17) is 4.74 Å². The minimum Gasteiger partial charge on any atom is -0.378 e. The van der Waals surface area contributed by atoms with Crippen molar-refractivity contribution in [3.63, 3.8) is 0 Å². The number of hydrogen-bond acceptors (Lipinski definition) is 3. The molecule has 0 atom stereocenters. The van der Waals surface area contributed by atoms with Crippen molar-refractivity contribution in [2.75, 3.05) is 26.3 Å². The lowest BCUT2D eigenvalue weighted by Gasteiger charge is -2.24. The molecule has 0 unspecified atom stereocenters. The number of carbonyl (C=O) groups is 1. The van der Waals surface area contributed by atoms with Crippen molar-refractivity contribution in [2.45, 2.75) is 0 Å². The highest BCUT2D eigenvalue weighted by molar-refractivity contribution is 6.09. The van der Waals surface area contributed by atoms with E-state index in [1.807, 2.05) is 24.4 Å². The predicted molar refractivity (Wildman–Crippen MR) is 70.1 cm³/mol. The highest BCUT2D eigenvalue weighted by Crippen LogP contribution is 1.99. The Labute approximate surface area is 107 Å². The molecule has 92 valence electrons. The van der Waals surface area contributed by atoms with Crippen molar-refractivity contribution in [1.82, 2.24) is 4.90 Å². The lowest BCUT2D eigenvalue weighted by Crippen LogP contribution is -2.31. The van der Waals surface area contributed by atoms with E-state index >= 15 is 0 Å². The van der Waals surface area contributed by atoms with E-state index in [2.05, 4.69) is 16.7 Å². The monoisotopic (exact) mass is 241 g/mol. The van der Waals surface area contributed by atoms with Crippen LogP contribution in [0, 0.1) is 11.8 Å². The highest BCUT2D eigenvalue weighted by atomic mass is 16.5. The number of rotatable bonds is 2. The summed E-state index contributed by atoms with van der Waals surface area (Å²) in [5.74, 6) is 5.22. The number of hydrogen-bond donors (Lipinski definition) is 0. The molecule has 1 saturated heterocycles. The SMILES string of the molecule is O=C(C#C/C=C/N1CCOCC1)c1ccccc1. The van der Waals surface area contributed by atoms with Crippen molar-refractivity contribution >= 4 is 5.78 Å². The first kappa shape index (κ1) is 12.4. The lowest BCUT2D eigenvalue weighted by atomic mass is 10.1. The zero-order chi connectivity index (χ0) is 12.6. The summed E-state index contributed by atoms with van der Waals surface area (Å²) in [7, 11) is 0. The van der Waals surface area contributed by atoms with Gasteiger partial charge in [0.15, 0.2) is 0 Å². The Kier molecular flexibility index (Phi) is 4.57. The minimum atomic E-state index is -0.151. The third-order valence-electron chi connectivity index (χ3n) is 2.64. The fourth-order valence-corrected chi connectivity index (χ4v) is 1.64. The van der Waals surface area contributed by atoms with E-state index in [9.17, 15) is 4.79 Å². The molecule has 0 aliphatic carbocycles. The number of ketones is 1. The summed E-state index contributed by atoms with van der Waals surface area (Å²) in [4.78, 5) is 13.8. The van der Waals surface area contributed by atoms with E-state index in [0.717, 1.165) is 26.3 Å². The van der Waals surface area contributed by atoms with E-state index in [-0.39, 0.29) is 5.78 Å². The van der Waals surface area contributed by atoms with E-state index in [0.29, 0.717) is 5.56 Å². The van der Waals surface area contributed by atoms with Crippen LogP contribution in [0.4, 0.5) is 0 Å². The van der Waals surface area contributed by atoms with Crippen molar-refractivity contribution in [3.8, 4) is 11.8 Å². The zero-order valence-corrected chi connectivity index (χ0v) is 10.1. The molecular formula is C15H15NO2. The second-order valence-electron chi connectivity index (χ2n) is 3.93. The van der Waals surface area contributed by atoms with Gasteiger partial charge in [0, 0.05) is 30.9 Å². The summed E-state index contributed by atoms with van der Waals surface area (Å²) in [6, 6.07) is 9.07. The van der Waals surface area contributed by atoms with Crippen molar-refractivity contribution < 1.29 is 9.53 Å². The number of allylic oxidation sites excluding steroid dienone is 1. The summed E-state index contributed by atoms with van der Waals surface area (Å²) in [6.07, 6.45) is 3.62. The smallest absolute Gasteiger partial charge is 0.236 e. The molecule has 0 spiro atoms. The van der Waals surface area contributed by atoms with Gasteiger partial charge in [0.05, 0.1) is 13.2 Å². The molecule has 0 bridgehead atoms. The highest BCUT2D eigenvalue weighted by Gasteiger charge is 2.04. The standard InChI is InChI=1S/C15H15NO2/c17-15(14-6-2-1-3-7-14)8-4-5-9-16-10-12-18-13-11-16/h1-3,5-7,9H,10-13H2/b9-5+. The molecular weight excluding hydrogens is 226 g/mol. The molecule has 1 heterocycles. The van der Waals surface area contributed by atoms with Crippen molar-refractivity contribution in [3.05, 3.63) is 48.2 Å². The van der Waals surface area contributed by atoms with Crippen LogP contribution in [-0.2, 0) is 4.74 Å². The van der Waals surface area contributed by atoms with Gasteiger partial charge >= 0.3 is 0 Å². The van der Waals surface area contributed by atoms with Gasteiger partial charge in [0.1, 0.15) is 0 Å². The maximum absolute atomic E-state index is 11.7. The van der Waals surface area contributed by atoms with Crippen LogP contribution < -0.4 is 0 Å². The summed E-state index contributed by atoms with van der Waals surface area (Å²) in [5, 5.41) is 0. The largest absolute Gasteiger partial charge is 0.378 e. The number of nitrogens with zero attached hydrogens (tertiary/aromatic N) is 1. The molecule has 1 fully saturated rings. The first-order valence-corrected chi connectivity index (χ1v) is 5.95. The molecule has 0 aromatic heterocycles. The van der Waals surface area contributed by atoms with Crippen LogP contribution in [0.3, 0.4) is 0 Å². The Morgan fingerprint density at radius 2 is 1.94 bits per heavy atom. The summed E-state index contributed by atoms with van der Waals surface area (Å²) < 4.78 is 5.24. The summed E-state index contributed by atoms with van der Waals surface area (Å²) in [6.45, 7) is 3.26. The van der Waals surface area contributed by atoms with Crippen LogP contribution >= 0.6 is 0 Å². The fourth-order valence-electron chi connectivity index (χ4n) is 1.64. The Morgan fingerprint density at radius 1 is 1.22 bits per heavy atom. The van der Waals surface area contributed by atoms with Crippen LogP contribution in [0.2, 0.25) is 0 Å². The van der Waals surface area contributed by atoms with Gasteiger partial charge in [-0.15, -0.1) is 0 Å². The molecule has 3 nitrogen and oxygen atoms in total. The number of Topliss-reactive ketones (excluding diaryl/α,β-unsaturated/α-hetero) is 1. The molecule has 1 aromatic rings. The van der Waals surface area contributed by atoms with Crippen LogP contribution in [0.25, 0.3) is 0 Å². The third-order valence-corrected chi connectivity index (χ3v) is 2.64. The molecule has 0 N–H and O–H groups in total. The molecule has 3 heteroatoms.